The molecule has 128 valence electrons. The van der Waals surface area contributed by atoms with Crippen LogP contribution in [-0.4, -0.2) is 39.0 Å². The van der Waals surface area contributed by atoms with Gasteiger partial charge in [-0.3, -0.25) is 4.79 Å². The summed E-state index contributed by atoms with van der Waals surface area (Å²) in [6.45, 7) is 0. The first-order valence-electron chi connectivity index (χ1n) is 6.93. The molecule has 5 nitrogen and oxygen atoms in total. The molecule has 0 saturated carbocycles. The molecule has 8 heteroatoms. The zero-order valence-corrected chi connectivity index (χ0v) is 15.8. The summed E-state index contributed by atoms with van der Waals surface area (Å²) in [5, 5.41) is 3.02. The average Bonchev–Trinajstić information content (AvgIpc) is 2.55. The number of thioether (sulfide) groups is 1. The molecule has 0 spiro atoms. The van der Waals surface area contributed by atoms with Crippen molar-refractivity contribution in [2.24, 2.45) is 0 Å². The molecule has 0 atom stereocenters. The summed E-state index contributed by atoms with van der Waals surface area (Å²) >= 11 is 7.59. The van der Waals surface area contributed by atoms with Gasteiger partial charge in [-0.25, -0.2) is 12.7 Å². The second-order valence-corrected chi connectivity index (χ2v) is 8.55. The standard InChI is InChI=1S/C16H17ClN2O3S2/c1-19(2)24(21,22)13-6-4-5-11(9-13)18-16(20)14-10-12(23-3)7-8-15(14)17/h4-10H,1-3H3,(H,18,20). The molecule has 2 aromatic rings. The third-order valence-corrected chi connectivity index (χ3v) is 6.15. The smallest absolute Gasteiger partial charge is 0.257 e. The molecule has 0 radical (unpaired) electrons. The molecule has 2 rings (SSSR count). The fraction of sp³-hybridized carbons (Fsp3) is 0.188. The second kappa shape index (κ2) is 7.57. The van der Waals surface area contributed by atoms with E-state index in [2.05, 4.69) is 5.32 Å². The lowest BCUT2D eigenvalue weighted by atomic mass is 10.2. The Labute approximate surface area is 151 Å². The lowest BCUT2D eigenvalue weighted by Crippen LogP contribution is -2.22. The molecule has 0 heterocycles. The largest absolute Gasteiger partial charge is 0.322 e. The van der Waals surface area contributed by atoms with Gasteiger partial charge in [-0.2, -0.15) is 0 Å². The van der Waals surface area contributed by atoms with E-state index in [1.165, 1.54) is 38.0 Å². The van der Waals surface area contributed by atoms with Crippen molar-refractivity contribution in [2.75, 3.05) is 25.7 Å². The van der Waals surface area contributed by atoms with Crippen LogP contribution < -0.4 is 5.32 Å². The van der Waals surface area contributed by atoms with Crippen molar-refractivity contribution in [1.82, 2.24) is 4.31 Å². The van der Waals surface area contributed by atoms with E-state index in [1.54, 1.807) is 24.3 Å². The van der Waals surface area contributed by atoms with E-state index in [-0.39, 0.29) is 4.90 Å². The Balaban J connectivity index is 2.31. The zero-order valence-electron chi connectivity index (χ0n) is 13.4. The maximum atomic E-state index is 12.4. The van der Waals surface area contributed by atoms with Gasteiger partial charge in [0.15, 0.2) is 0 Å². The first-order chi connectivity index (χ1) is 11.3. The summed E-state index contributed by atoms with van der Waals surface area (Å²) in [5.74, 6) is -0.393. The fourth-order valence-corrected chi connectivity index (χ4v) is 3.54. The van der Waals surface area contributed by atoms with Crippen LogP contribution >= 0.6 is 23.4 Å². The highest BCUT2D eigenvalue weighted by Gasteiger charge is 2.18. The molecule has 0 unspecified atom stereocenters. The second-order valence-electron chi connectivity index (χ2n) is 5.12. The Morgan fingerprint density at radius 3 is 2.50 bits per heavy atom. The highest BCUT2D eigenvalue weighted by molar-refractivity contribution is 7.98. The SMILES string of the molecule is CSc1ccc(Cl)c(C(=O)Nc2cccc(S(=O)(=O)N(C)C)c2)c1. The Morgan fingerprint density at radius 2 is 1.88 bits per heavy atom. The summed E-state index contributed by atoms with van der Waals surface area (Å²) in [6, 6.07) is 11.3. The van der Waals surface area contributed by atoms with Crippen molar-refractivity contribution in [1.29, 1.82) is 0 Å². The van der Waals surface area contributed by atoms with E-state index in [0.717, 1.165) is 9.20 Å². The van der Waals surface area contributed by atoms with Crippen molar-refractivity contribution >= 4 is 45.0 Å². The minimum Gasteiger partial charge on any atom is -0.322 e. The lowest BCUT2D eigenvalue weighted by Gasteiger charge is -2.13. The minimum atomic E-state index is -3.57. The van der Waals surface area contributed by atoms with Crippen molar-refractivity contribution in [2.45, 2.75) is 9.79 Å². The number of nitrogens with one attached hydrogen (secondary N) is 1. The van der Waals surface area contributed by atoms with Crippen LogP contribution in [0.2, 0.25) is 5.02 Å². The van der Waals surface area contributed by atoms with E-state index in [0.29, 0.717) is 16.3 Å². The van der Waals surface area contributed by atoms with Crippen LogP contribution in [0.3, 0.4) is 0 Å². The van der Waals surface area contributed by atoms with Gasteiger partial charge in [0.2, 0.25) is 10.0 Å². The van der Waals surface area contributed by atoms with Gasteiger partial charge < -0.3 is 5.32 Å². The van der Waals surface area contributed by atoms with Gasteiger partial charge >= 0.3 is 0 Å². The number of carbonyl (C=O) groups excluding carboxylic acids is 1. The van der Waals surface area contributed by atoms with E-state index >= 15 is 0 Å². The molecule has 24 heavy (non-hydrogen) atoms. The molecular weight excluding hydrogens is 368 g/mol. The van der Waals surface area contributed by atoms with Gasteiger partial charge in [-0.1, -0.05) is 17.7 Å². The number of nitrogens with zero attached hydrogens (tertiary/aromatic N) is 1. The highest BCUT2D eigenvalue weighted by Crippen LogP contribution is 2.24. The van der Waals surface area contributed by atoms with Crippen molar-refractivity contribution in [3.05, 3.63) is 53.1 Å². The van der Waals surface area contributed by atoms with Crippen molar-refractivity contribution < 1.29 is 13.2 Å². The number of rotatable bonds is 5. The molecule has 0 fully saturated rings. The molecule has 0 bridgehead atoms. The Hall–Kier alpha value is -1.54. The quantitative estimate of drug-likeness (QED) is 0.800. The number of sulfonamides is 1. The van der Waals surface area contributed by atoms with Gasteiger partial charge in [0.25, 0.3) is 5.91 Å². The zero-order chi connectivity index (χ0) is 17.9. The maximum absolute atomic E-state index is 12.4. The van der Waals surface area contributed by atoms with Gasteiger partial charge in [0.1, 0.15) is 0 Å². The first kappa shape index (κ1) is 18.8. The fourth-order valence-electron chi connectivity index (χ4n) is 1.95. The number of benzene rings is 2. The van der Waals surface area contributed by atoms with Crippen LogP contribution in [0.25, 0.3) is 0 Å². The monoisotopic (exact) mass is 384 g/mol. The number of halogens is 1. The molecule has 0 aliphatic carbocycles. The minimum absolute atomic E-state index is 0.106. The third-order valence-electron chi connectivity index (χ3n) is 3.29. The average molecular weight is 385 g/mol. The number of hydrogen-bond donors (Lipinski definition) is 1. The van der Waals surface area contributed by atoms with E-state index < -0.39 is 15.9 Å². The summed E-state index contributed by atoms with van der Waals surface area (Å²) < 4.78 is 25.5. The molecule has 1 amide bonds. The first-order valence-corrected chi connectivity index (χ1v) is 9.97. The summed E-state index contributed by atoms with van der Waals surface area (Å²) in [4.78, 5) is 13.4. The van der Waals surface area contributed by atoms with Gasteiger partial charge in [-0.05, 0) is 42.7 Å². The summed E-state index contributed by atoms with van der Waals surface area (Å²) in [7, 11) is -0.661. The normalized spacial score (nSPS) is 11.5. The predicted octanol–water partition coefficient (Wildman–Crippen LogP) is 3.56. The number of anilines is 1. The van der Waals surface area contributed by atoms with Crippen LogP contribution in [0.4, 0.5) is 5.69 Å². The van der Waals surface area contributed by atoms with Gasteiger partial charge in [0.05, 0.1) is 15.5 Å². The van der Waals surface area contributed by atoms with Crippen molar-refractivity contribution in [3.8, 4) is 0 Å². The molecule has 0 aromatic heterocycles. The number of carbonyl (C=O) groups is 1. The van der Waals surface area contributed by atoms with E-state index in [4.69, 9.17) is 11.6 Å². The lowest BCUT2D eigenvalue weighted by molar-refractivity contribution is 0.102. The third kappa shape index (κ3) is 4.10. The van der Waals surface area contributed by atoms with Crippen LogP contribution in [0.15, 0.2) is 52.3 Å². The number of hydrogen-bond acceptors (Lipinski definition) is 4. The highest BCUT2D eigenvalue weighted by atomic mass is 35.5. The number of amides is 1. The molecule has 0 aliphatic heterocycles. The Morgan fingerprint density at radius 1 is 1.17 bits per heavy atom. The van der Waals surface area contributed by atoms with E-state index in [9.17, 15) is 13.2 Å². The predicted molar refractivity (Wildman–Crippen MR) is 98.5 cm³/mol. The Bertz CT molecular complexity index is 867. The molecule has 0 aliphatic rings. The van der Waals surface area contributed by atoms with Crippen molar-refractivity contribution in [3.63, 3.8) is 0 Å². The van der Waals surface area contributed by atoms with Crippen LogP contribution in [0.5, 0.6) is 0 Å². The van der Waals surface area contributed by atoms with Gasteiger partial charge in [-0.15, -0.1) is 11.8 Å². The Kier molecular flexibility index (Phi) is 5.92. The van der Waals surface area contributed by atoms with Crippen LogP contribution in [-0.2, 0) is 10.0 Å². The van der Waals surface area contributed by atoms with Crippen LogP contribution in [0, 0.1) is 0 Å². The van der Waals surface area contributed by atoms with Gasteiger partial charge in [0, 0.05) is 24.7 Å². The van der Waals surface area contributed by atoms with E-state index in [1.807, 2.05) is 12.3 Å². The molecule has 2 aromatic carbocycles. The summed E-state index contributed by atoms with van der Waals surface area (Å²) in [5.41, 5.74) is 0.720. The molecule has 1 N–H and O–H groups in total. The summed E-state index contributed by atoms with van der Waals surface area (Å²) in [6.07, 6.45) is 1.90. The molecule has 0 saturated heterocycles. The van der Waals surface area contributed by atoms with Crippen LogP contribution in [0.1, 0.15) is 10.4 Å². The maximum Gasteiger partial charge on any atom is 0.257 e. The molecular formula is C16H17ClN2O3S2. The topological polar surface area (TPSA) is 66.5 Å².